The van der Waals surface area contributed by atoms with Crippen LogP contribution in [0.5, 0.6) is 5.75 Å². The Labute approximate surface area is 305 Å². The molecule has 0 aliphatic carbocycles. The topological polar surface area (TPSA) is 122 Å². The second kappa shape index (κ2) is 14.9. The van der Waals surface area contributed by atoms with E-state index in [4.69, 9.17) is 32.8 Å². The number of carbonyl (C=O) groups is 2. The van der Waals surface area contributed by atoms with Crippen LogP contribution >= 0.6 is 0 Å². The zero-order valence-electron chi connectivity index (χ0n) is 33.1. The van der Waals surface area contributed by atoms with Gasteiger partial charge in [0.15, 0.2) is 11.6 Å². The second-order valence-electron chi connectivity index (χ2n) is 17.4. The molecule has 0 aromatic heterocycles. The maximum absolute atomic E-state index is 14.3. The number of hydrogen-bond donors (Lipinski definition) is 1. The number of amides is 1. The van der Waals surface area contributed by atoms with Gasteiger partial charge in [-0.15, -0.1) is 0 Å². The molecule has 3 aliphatic heterocycles. The van der Waals surface area contributed by atoms with E-state index in [2.05, 4.69) is 33.9 Å². The van der Waals surface area contributed by atoms with Gasteiger partial charge >= 0.3 is 12.1 Å². The molecule has 1 amide bonds. The summed E-state index contributed by atoms with van der Waals surface area (Å²) in [6.07, 6.45) is 4.03. The van der Waals surface area contributed by atoms with E-state index in [1.807, 2.05) is 80.5 Å². The van der Waals surface area contributed by atoms with Crippen LogP contribution in [0.3, 0.4) is 0 Å². The summed E-state index contributed by atoms with van der Waals surface area (Å²) in [5, 5.41) is 10.9. The maximum atomic E-state index is 14.3. The molecule has 0 saturated carbocycles. The number of anilines is 1. The van der Waals surface area contributed by atoms with Crippen molar-refractivity contribution in [1.29, 1.82) is 0 Å². The molecule has 51 heavy (non-hydrogen) atoms. The molecule has 1 aromatic rings. The first kappa shape index (κ1) is 41.0. The van der Waals surface area contributed by atoms with Crippen molar-refractivity contribution in [1.82, 2.24) is 0 Å². The van der Waals surface area contributed by atoms with Gasteiger partial charge < -0.3 is 38.0 Å². The molecule has 12 heteroatoms. The lowest BCUT2D eigenvalue weighted by atomic mass is 9.98. The molecule has 1 N–H and O–H groups in total. The molecule has 286 valence electrons. The molecule has 1 unspecified atom stereocenters. The molecule has 0 radical (unpaired) electrons. The third-order valence-electron chi connectivity index (χ3n) is 9.74. The van der Waals surface area contributed by atoms with Crippen LogP contribution < -0.4 is 9.33 Å². The predicted octanol–water partition coefficient (Wildman–Crippen LogP) is 8.00. The number of carbonyl (C=O) groups excluding carboxylic acids is 2. The summed E-state index contributed by atoms with van der Waals surface area (Å²) in [5.74, 6) is -2.17. The average Bonchev–Trinajstić information content (AvgIpc) is 3.48. The van der Waals surface area contributed by atoms with Crippen LogP contribution in [-0.2, 0) is 28.4 Å². The van der Waals surface area contributed by atoms with Crippen molar-refractivity contribution in [2.45, 2.75) is 155 Å². The number of hydrogen-bond acceptors (Lipinski definition) is 10. The third-order valence-corrected chi connectivity index (χ3v) is 14.1. The minimum Gasteiger partial charge on any atom is -0.543 e. The highest BCUT2D eigenvalue weighted by atomic mass is 28.4. The molecular weight excluding hydrogens is 671 g/mol. The Kier molecular flexibility index (Phi) is 12.0. The summed E-state index contributed by atoms with van der Waals surface area (Å²) in [4.78, 5) is 29.8. The van der Waals surface area contributed by atoms with E-state index in [1.54, 1.807) is 18.2 Å². The highest BCUT2D eigenvalue weighted by molar-refractivity contribution is 6.74. The molecule has 2 saturated heterocycles. The van der Waals surface area contributed by atoms with E-state index in [1.165, 1.54) is 4.90 Å². The van der Waals surface area contributed by atoms with Crippen molar-refractivity contribution in [2.75, 3.05) is 18.1 Å². The molecule has 3 heterocycles. The first-order valence-electron chi connectivity index (χ1n) is 18.1. The summed E-state index contributed by atoms with van der Waals surface area (Å²) in [6, 6.07) is 3.51. The summed E-state index contributed by atoms with van der Waals surface area (Å²) >= 11 is 0. The molecule has 0 spiro atoms. The number of esters is 1. The zero-order chi connectivity index (χ0) is 38.3. The van der Waals surface area contributed by atoms with E-state index in [-0.39, 0.29) is 29.7 Å². The fourth-order valence-corrected chi connectivity index (χ4v) is 6.87. The zero-order valence-corrected chi connectivity index (χ0v) is 34.1. The van der Waals surface area contributed by atoms with Crippen molar-refractivity contribution >= 4 is 32.1 Å². The standard InChI is InChI=1S/C39H61NO10Si/c1-24-18-19-29(41)33-30(47-39(11,12)48-33)17-15-16-26-20-27(40(35(43)49-36(3,4)5)22-28-23-44-38(9,10)46-28)21-31(32(26)34(42)45-25(24)2)50-51(13,14)37(6,7)8/h15-16,18-21,24-25,28-30,33,41H,17,22-23H2,1-14H3/b16-15+,19-18-/t24-,25+,28?,29-,30+,33-/m1/s1. The molecule has 11 nitrogen and oxygen atoms in total. The smallest absolute Gasteiger partial charge is 0.414 e. The van der Waals surface area contributed by atoms with Crippen molar-refractivity contribution < 1.29 is 47.5 Å². The Hall–Kier alpha value is -2.74. The summed E-state index contributed by atoms with van der Waals surface area (Å²) < 4.78 is 43.3. The minimum absolute atomic E-state index is 0.133. The Morgan fingerprint density at radius 3 is 2.25 bits per heavy atom. The van der Waals surface area contributed by atoms with E-state index in [0.717, 1.165) is 0 Å². The summed E-state index contributed by atoms with van der Waals surface area (Å²) in [7, 11) is -2.56. The van der Waals surface area contributed by atoms with Crippen LogP contribution in [-0.4, -0.2) is 86.3 Å². The molecule has 0 bridgehead atoms. The van der Waals surface area contributed by atoms with Crippen molar-refractivity contribution in [3.8, 4) is 5.75 Å². The largest absolute Gasteiger partial charge is 0.543 e. The van der Waals surface area contributed by atoms with E-state index >= 15 is 0 Å². The van der Waals surface area contributed by atoms with Crippen LogP contribution in [0.25, 0.3) is 6.08 Å². The normalized spacial score (nSPS) is 29.6. The second-order valence-corrected chi connectivity index (χ2v) is 22.2. The first-order valence-corrected chi connectivity index (χ1v) is 21.0. The highest BCUT2D eigenvalue weighted by Gasteiger charge is 2.44. The fourth-order valence-electron chi connectivity index (χ4n) is 5.85. The number of fused-ring (bicyclic) bond motifs is 2. The lowest BCUT2D eigenvalue weighted by Crippen LogP contribution is -2.44. The lowest BCUT2D eigenvalue weighted by Gasteiger charge is -2.37. The number of ether oxygens (including phenoxy) is 6. The van der Waals surface area contributed by atoms with Gasteiger partial charge in [0.1, 0.15) is 41.3 Å². The maximum Gasteiger partial charge on any atom is 0.414 e. The van der Waals surface area contributed by atoms with E-state index in [0.29, 0.717) is 23.4 Å². The van der Waals surface area contributed by atoms with Crippen LogP contribution in [0.2, 0.25) is 18.1 Å². The quantitative estimate of drug-likeness (QED) is 0.181. The highest BCUT2D eigenvalue weighted by Crippen LogP contribution is 2.42. The van der Waals surface area contributed by atoms with Gasteiger partial charge in [0.2, 0.25) is 0 Å². The average molecular weight is 732 g/mol. The lowest BCUT2D eigenvalue weighted by molar-refractivity contribution is -0.152. The van der Waals surface area contributed by atoms with Gasteiger partial charge in [0, 0.05) is 12.0 Å². The fraction of sp³-hybridized carbons (Fsp3) is 0.692. The minimum atomic E-state index is -2.56. The Morgan fingerprint density at radius 1 is 1.00 bits per heavy atom. The van der Waals surface area contributed by atoms with Crippen LogP contribution in [0.1, 0.15) is 105 Å². The number of nitrogens with zero attached hydrogens (tertiary/aromatic N) is 1. The van der Waals surface area contributed by atoms with Crippen LogP contribution in [0.15, 0.2) is 30.4 Å². The Balaban J connectivity index is 1.93. The monoisotopic (exact) mass is 731 g/mol. The molecular formula is C39H61NO10Si. The van der Waals surface area contributed by atoms with Crippen LogP contribution in [0, 0.1) is 5.92 Å². The number of aliphatic hydroxyl groups is 1. The number of benzene rings is 1. The van der Waals surface area contributed by atoms with Crippen molar-refractivity contribution in [3.63, 3.8) is 0 Å². The molecule has 6 atom stereocenters. The molecule has 2 fully saturated rings. The van der Waals surface area contributed by atoms with Gasteiger partial charge in [0.05, 0.1) is 24.9 Å². The van der Waals surface area contributed by atoms with Gasteiger partial charge in [-0.25, -0.2) is 9.59 Å². The number of cyclic esters (lactones) is 1. The Morgan fingerprint density at radius 2 is 1.67 bits per heavy atom. The van der Waals surface area contributed by atoms with Gasteiger partial charge in [-0.2, -0.15) is 0 Å². The van der Waals surface area contributed by atoms with Crippen LogP contribution in [0.4, 0.5) is 10.5 Å². The third kappa shape index (κ3) is 10.4. The number of rotatable bonds is 5. The van der Waals surface area contributed by atoms with E-state index in [9.17, 15) is 14.7 Å². The molecule has 3 aliphatic rings. The summed E-state index contributed by atoms with van der Waals surface area (Å²) in [5.41, 5.74) is 0.430. The van der Waals surface area contributed by atoms with Gasteiger partial charge in [-0.3, -0.25) is 4.90 Å². The Bertz CT molecular complexity index is 1490. The molecule has 1 aromatic carbocycles. The first-order chi connectivity index (χ1) is 23.3. The summed E-state index contributed by atoms with van der Waals surface area (Å²) in [6.45, 7) is 27.5. The van der Waals surface area contributed by atoms with Gasteiger partial charge in [-0.05, 0) is 91.6 Å². The van der Waals surface area contributed by atoms with Crippen molar-refractivity contribution in [2.24, 2.45) is 5.92 Å². The predicted molar refractivity (Wildman–Crippen MR) is 199 cm³/mol. The van der Waals surface area contributed by atoms with E-state index < -0.39 is 68.1 Å². The van der Waals surface area contributed by atoms with Crippen molar-refractivity contribution in [3.05, 3.63) is 41.5 Å². The van der Waals surface area contributed by atoms with Gasteiger partial charge in [-0.1, -0.05) is 52.0 Å². The van der Waals surface area contributed by atoms with Gasteiger partial charge in [0.25, 0.3) is 8.32 Å². The molecule has 4 rings (SSSR count). The number of aliphatic hydroxyl groups excluding tert-OH is 1. The SMILES string of the molecule is C[C@@H]1/C=C\[C@@H](O)[C@H]2OC(C)(C)O[C@H]2C/C=C/c2cc(N(CC3COC(C)(C)O3)C(=O)OC(C)(C)C)cc(O[Si](C)(C)C(C)(C)C)c2C(=O)O[C@H]1C.